The van der Waals surface area contributed by atoms with Gasteiger partial charge in [-0.25, -0.2) is 0 Å². The molecule has 0 amide bonds. The lowest BCUT2D eigenvalue weighted by Gasteiger charge is -2.09. The van der Waals surface area contributed by atoms with E-state index in [9.17, 15) is 5.11 Å². The first kappa shape index (κ1) is 14.6. The van der Waals surface area contributed by atoms with Crippen molar-refractivity contribution in [2.75, 3.05) is 0 Å². The lowest BCUT2D eigenvalue weighted by molar-refractivity contribution is 0.474. The van der Waals surface area contributed by atoms with Gasteiger partial charge in [-0.2, -0.15) is 0 Å². The maximum Gasteiger partial charge on any atom is 0.126 e. The SMILES string of the molecule is N=C(Cc1cc(Cl)ccc1I)c1ccc(Cl)cc1O. The fourth-order valence-corrected chi connectivity index (χ4v) is 2.61. The standard InChI is InChI=1S/C14H10Cl2INO/c15-9-2-4-12(17)8(5-9)6-13(18)11-3-1-10(16)7-14(11)19/h1-5,7,18-19H,6H2. The fraction of sp³-hybridized carbons (Fsp3) is 0.0714. The summed E-state index contributed by atoms with van der Waals surface area (Å²) >= 11 is 13.9. The van der Waals surface area contributed by atoms with Gasteiger partial charge in [0.1, 0.15) is 5.75 Å². The quantitative estimate of drug-likeness (QED) is 0.552. The molecule has 2 rings (SSSR count). The van der Waals surface area contributed by atoms with Crippen LogP contribution in [0.3, 0.4) is 0 Å². The number of nitrogens with one attached hydrogen (secondary N) is 1. The zero-order chi connectivity index (χ0) is 14.0. The van der Waals surface area contributed by atoms with Crippen molar-refractivity contribution in [3.05, 3.63) is 61.1 Å². The Morgan fingerprint density at radius 3 is 2.42 bits per heavy atom. The van der Waals surface area contributed by atoms with Crippen LogP contribution in [0.5, 0.6) is 5.75 Å². The van der Waals surface area contributed by atoms with Crippen molar-refractivity contribution in [3.63, 3.8) is 0 Å². The van der Waals surface area contributed by atoms with E-state index in [0.717, 1.165) is 9.13 Å². The van der Waals surface area contributed by atoms with E-state index in [0.29, 0.717) is 27.7 Å². The Balaban J connectivity index is 2.28. The second-order valence-electron chi connectivity index (χ2n) is 4.05. The van der Waals surface area contributed by atoms with E-state index in [1.54, 1.807) is 12.1 Å². The van der Waals surface area contributed by atoms with Crippen molar-refractivity contribution in [1.82, 2.24) is 0 Å². The van der Waals surface area contributed by atoms with Crippen molar-refractivity contribution in [2.24, 2.45) is 0 Å². The zero-order valence-corrected chi connectivity index (χ0v) is 13.4. The number of rotatable bonds is 3. The Morgan fingerprint density at radius 1 is 1.11 bits per heavy atom. The van der Waals surface area contributed by atoms with Crippen LogP contribution >= 0.6 is 45.8 Å². The highest BCUT2D eigenvalue weighted by molar-refractivity contribution is 14.1. The summed E-state index contributed by atoms with van der Waals surface area (Å²) in [5.74, 6) is 0.0227. The Hall–Kier alpha value is -0.780. The molecule has 0 atom stereocenters. The van der Waals surface area contributed by atoms with Gasteiger partial charge in [0, 0.05) is 31.3 Å². The van der Waals surface area contributed by atoms with Crippen LogP contribution in [0.25, 0.3) is 0 Å². The van der Waals surface area contributed by atoms with E-state index in [1.807, 2.05) is 18.2 Å². The molecule has 0 radical (unpaired) electrons. The van der Waals surface area contributed by atoms with Crippen LogP contribution in [0.2, 0.25) is 10.0 Å². The van der Waals surface area contributed by atoms with E-state index in [2.05, 4.69) is 22.6 Å². The smallest absolute Gasteiger partial charge is 0.126 e. The summed E-state index contributed by atoms with van der Waals surface area (Å²) in [6.07, 6.45) is 0.411. The van der Waals surface area contributed by atoms with Crippen LogP contribution in [0.4, 0.5) is 0 Å². The van der Waals surface area contributed by atoms with Crippen LogP contribution in [-0.4, -0.2) is 10.8 Å². The first-order valence-electron chi connectivity index (χ1n) is 5.47. The minimum absolute atomic E-state index is 0.0227. The molecule has 0 fully saturated rings. The van der Waals surface area contributed by atoms with E-state index >= 15 is 0 Å². The zero-order valence-electron chi connectivity index (χ0n) is 9.75. The van der Waals surface area contributed by atoms with Gasteiger partial charge in [-0.15, -0.1) is 0 Å². The summed E-state index contributed by atoms with van der Waals surface area (Å²) in [5, 5.41) is 19.0. The molecule has 19 heavy (non-hydrogen) atoms. The third kappa shape index (κ3) is 3.61. The minimum atomic E-state index is 0.0227. The van der Waals surface area contributed by atoms with Crippen LogP contribution in [0.15, 0.2) is 36.4 Å². The normalized spacial score (nSPS) is 10.5. The molecule has 0 aliphatic rings. The molecule has 2 N–H and O–H groups in total. The molecule has 2 nitrogen and oxygen atoms in total. The number of phenols is 1. The molecule has 0 heterocycles. The lowest BCUT2D eigenvalue weighted by Crippen LogP contribution is -2.05. The summed E-state index contributed by atoms with van der Waals surface area (Å²) in [4.78, 5) is 0. The first-order valence-corrected chi connectivity index (χ1v) is 7.31. The molecule has 0 unspecified atom stereocenters. The molecule has 0 aliphatic heterocycles. The van der Waals surface area contributed by atoms with Gasteiger partial charge in [0.25, 0.3) is 0 Å². The second-order valence-corrected chi connectivity index (χ2v) is 6.09. The Morgan fingerprint density at radius 2 is 1.74 bits per heavy atom. The first-order chi connectivity index (χ1) is 8.97. The Labute approximate surface area is 135 Å². The van der Waals surface area contributed by atoms with Gasteiger partial charge in [0.05, 0.1) is 0 Å². The van der Waals surface area contributed by atoms with Gasteiger partial charge in [-0.05, 0) is 64.6 Å². The molecule has 98 valence electrons. The molecule has 0 aromatic heterocycles. The summed E-state index contributed by atoms with van der Waals surface area (Å²) in [7, 11) is 0. The molecular formula is C14H10Cl2INO. The monoisotopic (exact) mass is 405 g/mol. The molecule has 2 aromatic carbocycles. The highest BCUT2D eigenvalue weighted by Gasteiger charge is 2.11. The molecule has 0 saturated carbocycles. The van der Waals surface area contributed by atoms with Crippen molar-refractivity contribution in [1.29, 1.82) is 5.41 Å². The van der Waals surface area contributed by atoms with Gasteiger partial charge >= 0.3 is 0 Å². The van der Waals surface area contributed by atoms with Crippen molar-refractivity contribution in [3.8, 4) is 5.75 Å². The Kier molecular flexibility index (Phi) is 4.71. The number of halogens is 3. The van der Waals surface area contributed by atoms with Gasteiger partial charge in [-0.1, -0.05) is 23.2 Å². The van der Waals surface area contributed by atoms with Crippen LogP contribution in [-0.2, 0) is 6.42 Å². The highest BCUT2D eigenvalue weighted by atomic mass is 127. The molecule has 0 bridgehead atoms. The van der Waals surface area contributed by atoms with Crippen LogP contribution in [0.1, 0.15) is 11.1 Å². The van der Waals surface area contributed by atoms with E-state index < -0.39 is 0 Å². The number of hydrogen-bond donors (Lipinski definition) is 2. The molecule has 5 heteroatoms. The maximum atomic E-state index is 9.81. The third-order valence-corrected chi connectivity index (χ3v) is 4.18. The predicted octanol–water partition coefficient (Wildman–Crippen LogP) is 4.91. The summed E-state index contributed by atoms with van der Waals surface area (Å²) in [5.41, 5.74) is 1.78. The predicted molar refractivity (Wildman–Crippen MR) is 87.8 cm³/mol. The summed E-state index contributed by atoms with van der Waals surface area (Å²) < 4.78 is 1.04. The number of benzene rings is 2. The highest BCUT2D eigenvalue weighted by Crippen LogP contribution is 2.25. The van der Waals surface area contributed by atoms with Crippen LogP contribution < -0.4 is 0 Å². The van der Waals surface area contributed by atoms with Crippen molar-refractivity contribution >= 4 is 51.5 Å². The molecular weight excluding hydrogens is 396 g/mol. The third-order valence-electron chi connectivity index (χ3n) is 2.66. The molecule has 0 aliphatic carbocycles. The maximum absolute atomic E-state index is 9.81. The van der Waals surface area contributed by atoms with Gasteiger partial charge < -0.3 is 10.5 Å². The van der Waals surface area contributed by atoms with Crippen molar-refractivity contribution < 1.29 is 5.11 Å². The van der Waals surface area contributed by atoms with Crippen molar-refractivity contribution in [2.45, 2.75) is 6.42 Å². The van der Waals surface area contributed by atoms with Gasteiger partial charge in [0.2, 0.25) is 0 Å². The Bertz CT molecular complexity index is 643. The molecule has 0 saturated heterocycles. The average Bonchev–Trinajstić information content (AvgIpc) is 2.33. The fourth-order valence-electron chi connectivity index (χ4n) is 1.72. The second kappa shape index (κ2) is 6.11. The number of aromatic hydroxyl groups is 1. The van der Waals surface area contributed by atoms with E-state index in [1.165, 1.54) is 6.07 Å². The summed E-state index contributed by atoms with van der Waals surface area (Å²) in [6, 6.07) is 10.3. The minimum Gasteiger partial charge on any atom is -0.507 e. The van der Waals surface area contributed by atoms with E-state index in [-0.39, 0.29) is 5.75 Å². The van der Waals surface area contributed by atoms with Gasteiger partial charge in [-0.3, -0.25) is 0 Å². The van der Waals surface area contributed by atoms with Crippen LogP contribution in [0, 0.1) is 8.98 Å². The lowest BCUT2D eigenvalue weighted by atomic mass is 10.0. The number of hydrogen-bond acceptors (Lipinski definition) is 2. The largest absolute Gasteiger partial charge is 0.507 e. The number of phenolic OH excluding ortho intramolecular Hbond substituents is 1. The topological polar surface area (TPSA) is 44.1 Å². The van der Waals surface area contributed by atoms with Gasteiger partial charge in [0.15, 0.2) is 0 Å². The molecule has 2 aromatic rings. The molecule has 0 spiro atoms. The summed E-state index contributed by atoms with van der Waals surface area (Å²) in [6.45, 7) is 0. The average molecular weight is 406 g/mol. The van der Waals surface area contributed by atoms with E-state index in [4.69, 9.17) is 28.6 Å².